The highest BCUT2D eigenvalue weighted by Gasteiger charge is 2.29. The molecule has 20 heavy (non-hydrogen) atoms. The Kier molecular flexibility index (Phi) is 8.75. The predicted molar refractivity (Wildman–Crippen MR) is 78.9 cm³/mol. The van der Waals surface area contributed by atoms with Crippen LogP contribution < -0.4 is 5.32 Å². The normalized spacial score (nSPS) is 15.9. The number of alkyl halides is 3. The Morgan fingerprint density at radius 3 is 2.20 bits per heavy atom. The lowest BCUT2D eigenvalue weighted by molar-refractivity contribution is -0.138. The molecule has 2 nitrogen and oxygen atoms in total. The van der Waals surface area contributed by atoms with Gasteiger partial charge >= 0.3 is 6.18 Å². The van der Waals surface area contributed by atoms with Gasteiger partial charge in [0, 0.05) is 19.6 Å². The van der Waals surface area contributed by atoms with Crippen LogP contribution in [0.2, 0.25) is 0 Å². The molecular formula is C15H31F3N2. The van der Waals surface area contributed by atoms with E-state index in [0.717, 1.165) is 25.9 Å². The zero-order chi connectivity index (χ0) is 15.8. The molecule has 0 fully saturated rings. The van der Waals surface area contributed by atoms with Gasteiger partial charge in [-0.2, -0.15) is 13.2 Å². The van der Waals surface area contributed by atoms with Crippen molar-refractivity contribution in [2.24, 2.45) is 11.3 Å². The quantitative estimate of drug-likeness (QED) is 0.657. The molecule has 0 aliphatic heterocycles. The third-order valence-corrected chi connectivity index (χ3v) is 3.39. The predicted octanol–water partition coefficient (Wildman–Crippen LogP) is 3.92. The fraction of sp³-hybridized carbons (Fsp3) is 1.00. The van der Waals surface area contributed by atoms with Crippen LogP contribution in [0.3, 0.4) is 0 Å². The Labute approximate surface area is 122 Å². The van der Waals surface area contributed by atoms with Gasteiger partial charge in [-0.3, -0.25) is 0 Å². The van der Waals surface area contributed by atoms with Crippen LogP contribution in [-0.2, 0) is 0 Å². The second kappa shape index (κ2) is 8.88. The van der Waals surface area contributed by atoms with Crippen molar-refractivity contribution in [3.05, 3.63) is 0 Å². The summed E-state index contributed by atoms with van der Waals surface area (Å²) in [4.78, 5) is 1.81. The number of hydrogen-bond acceptors (Lipinski definition) is 2. The van der Waals surface area contributed by atoms with Gasteiger partial charge in [0.1, 0.15) is 0 Å². The smallest absolute Gasteiger partial charge is 0.316 e. The van der Waals surface area contributed by atoms with Gasteiger partial charge in [0.2, 0.25) is 0 Å². The van der Waals surface area contributed by atoms with Gasteiger partial charge in [-0.05, 0) is 31.3 Å². The van der Waals surface area contributed by atoms with Crippen molar-refractivity contribution in [1.29, 1.82) is 0 Å². The lowest BCUT2D eigenvalue weighted by Crippen LogP contribution is -2.42. The summed E-state index contributed by atoms with van der Waals surface area (Å²) in [5.74, 6) is 0.587. The van der Waals surface area contributed by atoms with Gasteiger partial charge in [-0.25, -0.2) is 0 Å². The topological polar surface area (TPSA) is 15.3 Å². The highest BCUT2D eigenvalue weighted by Crippen LogP contribution is 2.25. The fourth-order valence-electron chi connectivity index (χ4n) is 2.54. The second-order valence-electron chi connectivity index (χ2n) is 6.69. The molecule has 0 rings (SSSR count). The molecule has 0 aromatic heterocycles. The molecule has 0 aromatic carbocycles. The summed E-state index contributed by atoms with van der Waals surface area (Å²) >= 11 is 0. The van der Waals surface area contributed by atoms with Crippen molar-refractivity contribution in [3.63, 3.8) is 0 Å². The maximum atomic E-state index is 12.2. The minimum absolute atomic E-state index is 0.0317. The van der Waals surface area contributed by atoms with Crippen LogP contribution in [0.25, 0.3) is 0 Å². The molecule has 1 unspecified atom stereocenters. The molecule has 1 atom stereocenters. The van der Waals surface area contributed by atoms with Gasteiger partial charge in [-0.1, -0.05) is 34.1 Å². The molecule has 0 bridgehead atoms. The highest BCUT2D eigenvalue weighted by molar-refractivity contribution is 4.80. The Bertz CT molecular complexity index is 254. The molecule has 0 spiro atoms. The van der Waals surface area contributed by atoms with E-state index in [2.05, 4.69) is 33.0 Å². The fourth-order valence-corrected chi connectivity index (χ4v) is 2.54. The van der Waals surface area contributed by atoms with Crippen LogP contribution in [0.5, 0.6) is 0 Å². The van der Waals surface area contributed by atoms with Crippen molar-refractivity contribution in [1.82, 2.24) is 10.2 Å². The molecule has 0 radical (unpaired) electrons. The summed E-state index contributed by atoms with van der Waals surface area (Å²) in [5, 5.41) is 3.44. The lowest BCUT2D eigenvalue weighted by atomic mass is 9.84. The Balaban J connectivity index is 4.28. The van der Waals surface area contributed by atoms with Gasteiger partial charge in [-0.15, -0.1) is 0 Å². The van der Waals surface area contributed by atoms with E-state index < -0.39 is 12.6 Å². The maximum Gasteiger partial charge on any atom is 0.390 e. The number of halogens is 3. The largest absolute Gasteiger partial charge is 0.390 e. The molecule has 1 N–H and O–H groups in total. The third-order valence-electron chi connectivity index (χ3n) is 3.39. The van der Waals surface area contributed by atoms with E-state index in [9.17, 15) is 13.2 Å². The van der Waals surface area contributed by atoms with E-state index in [1.165, 1.54) is 0 Å². The number of nitrogens with one attached hydrogen (secondary N) is 1. The Morgan fingerprint density at radius 2 is 1.75 bits per heavy atom. The zero-order valence-corrected chi connectivity index (χ0v) is 13.6. The Hall–Kier alpha value is -0.290. The van der Waals surface area contributed by atoms with Crippen molar-refractivity contribution in [2.75, 3.05) is 33.2 Å². The molecule has 0 aliphatic carbocycles. The van der Waals surface area contributed by atoms with E-state index >= 15 is 0 Å². The molecule has 5 heteroatoms. The second-order valence-corrected chi connectivity index (χ2v) is 6.69. The SMILES string of the molecule is CCCC(C)(CNCC(C)C)CN(C)CCC(F)(F)F. The van der Waals surface area contributed by atoms with Crippen LogP contribution in [-0.4, -0.2) is 44.3 Å². The summed E-state index contributed by atoms with van der Waals surface area (Å²) in [7, 11) is 1.78. The van der Waals surface area contributed by atoms with E-state index in [4.69, 9.17) is 0 Å². The molecule has 0 heterocycles. The summed E-state index contributed by atoms with van der Waals surface area (Å²) in [6.07, 6.45) is -2.72. The van der Waals surface area contributed by atoms with Crippen LogP contribution in [0, 0.1) is 11.3 Å². The molecule has 0 saturated carbocycles. The lowest BCUT2D eigenvalue weighted by Gasteiger charge is -2.34. The van der Waals surface area contributed by atoms with E-state index in [1.807, 2.05) is 0 Å². The number of nitrogens with zero attached hydrogens (tertiary/aromatic N) is 1. The van der Waals surface area contributed by atoms with E-state index in [1.54, 1.807) is 11.9 Å². The summed E-state index contributed by atoms with van der Waals surface area (Å²) in [5.41, 5.74) is 0.0317. The van der Waals surface area contributed by atoms with Crippen LogP contribution in [0.4, 0.5) is 13.2 Å². The Morgan fingerprint density at radius 1 is 1.15 bits per heavy atom. The van der Waals surface area contributed by atoms with Crippen LogP contribution >= 0.6 is 0 Å². The first-order chi connectivity index (χ1) is 9.08. The number of hydrogen-bond donors (Lipinski definition) is 1. The molecule has 0 aromatic rings. The van der Waals surface area contributed by atoms with Gasteiger partial charge in [0.25, 0.3) is 0 Å². The van der Waals surface area contributed by atoms with Crippen LogP contribution in [0.1, 0.15) is 47.0 Å². The average Bonchev–Trinajstić information content (AvgIpc) is 2.25. The molecule has 0 aliphatic rings. The standard InChI is InChI=1S/C15H31F3N2/c1-6-7-14(4,11-19-10-13(2)3)12-20(5)9-8-15(16,17)18/h13,19H,6-12H2,1-5H3. The summed E-state index contributed by atoms with van der Waals surface area (Å²) in [6.45, 7) is 11.2. The minimum Gasteiger partial charge on any atom is -0.316 e. The minimum atomic E-state index is -4.06. The van der Waals surface area contributed by atoms with Crippen molar-refractivity contribution in [3.8, 4) is 0 Å². The summed E-state index contributed by atoms with van der Waals surface area (Å²) < 4.78 is 36.7. The van der Waals surface area contributed by atoms with Gasteiger partial charge in [0.05, 0.1) is 6.42 Å². The molecular weight excluding hydrogens is 265 g/mol. The highest BCUT2D eigenvalue weighted by atomic mass is 19.4. The summed E-state index contributed by atoms with van der Waals surface area (Å²) in [6, 6.07) is 0. The maximum absolute atomic E-state index is 12.2. The third kappa shape index (κ3) is 10.5. The molecule has 0 amide bonds. The average molecular weight is 296 g/mol. The van der Waals surface area contributed by atoms with Crippen molar-refractivity contribution < 1.29 is 13.2 Å². The van der Waals surface area contributed by atoms with Gasteiger partial charge < -0.3 is 10.2 Å². The van der Waals surface area contributed by atoms with E-state index in [-0.39, 0.29) is 12.0 Å². The molecule has 0 saturated heterocycles. The first kappa shape index (κ1) is 19.7. The first-order valence-corrected chi connectivity index (χ1v) is 7.54. The van der Waals surface area contributed by atoms with Crippen LogP contribution in [0.15, 0.2) is 0 Å². The zero-order valence-electron chi connectivity index (χ0n) is 13.6. The van der Waals surface area contributed by atoms with Gasteiger partial charge in [0.15, 0.2) is 0 Å². The monoisotopic (exact) mass is 296 g/mol. The first-order valence-electron chi connectivity index (χ1n) is 7.54. The number of rotatable bonds is 10. The van der Waals surface area contributed by atoms with E-state index in [0.29, 0.717) is 12.5 Å². The van der Waals surface area contributed by atoms with Crippen molar-refractivity contribution >= 4 is 0 Å². The molecule has 122 valence electrons. The van der Waals surface area contributed by atoms with Crippen molar-refractivity contribution in [2.45, 2.75) is 53.1 Å².